The van der Waals surface area contributed by atoms with E-state index in [4.69, 9.17) is 9.47 Å². The summed E-state index contributed by atoms with van der Waals surface area (Å²) < 4.78 is 10.9. The van der Waals surface area contributed by atoms with Gasteiger partial charge in [0.2, 0.25) is 12.5 Å². The Morgan fingerprint density at radius 2 is 1.67 bits per heavy atom. The Labute approximate surface area is 172 Å². The van der Waals surface area contributed by atoms with Gasteiger partial charge in [-0.25, -0.2) is 0 Å². The zero-order valence-electron chi connectivity index (χ0n) is 15.8. The molecule has 0 fully saturated rings. The number of carbonyl (C=O) groups excluding carboxylic acids is 2. The Bertz CT molecular complexity index is 1220. The molecule has 0 bridgehead atoms. The van der Waals surface area contributed by atoms with Crippen LogP contribution in [0.4, 0.5) is 11.4 Å². The van der Waals surface area contributed by atoms with E-state index in [0.29, 0.717) is 28.4 Å². The Morgan fingerprint density at radius 1 is 0.900 bits per heavy atom. The molecule has 3 aromatic carbocycles. The second-order valence-corrected chi connectivity index (χ2v) is 7.46. The summed E-state index contributed by atoms with van der Waals surface area (Å²) in [6, 6.07) is 20.2. The van der Waals surface area contributed by atoms with E-state index in [1.807, 2.05) is 60.7 Å². The van der Waals surface area contributed by atoms with Crippen molar-refractivity contribution in [3.8, 4) is 11.5 Å². The smallest absolute Gasteiger partial charge is 0.276 e. The van der Waals surface area contributed by atoms with Gasteiger partial charge in [0, 0.05) is 23.5 Å². The molecule has 0 aliphatic carbocycles. The van der Waals surface area contributed by atoms with E-state index in [1.54, 1.807) is 11.0 Å². The third-order valence-corrected chi connectivity index (χ3v) is 5.79. The maximum absolute atomic E-state index is 13.6. The zero-order chi connectivity index (χ0) is 20.3. The van der Waals surface area contributed by atoms with Gasteiger partial charge in [-0.3, -0.25) is 14.5 Å². The lowest BCUT2D eigenvalue weighted by Crippen LogP contribution is -2.60. The van der Waals surface area contributed by atoms with Gasteiger partial charge < -0.3 is 20.1 Å². The van der Waals surface area contributed by atoms with E-state index in [-0.39, 0.29) is 25.2 Å². The third kappa shape index (κ3) is 2.20. The minimum Gasteiger partial charge on any atom is -0.454 e. The number of benzene rings is 3. The highest BCUT2D eigenvalue weighted by Crippen LogP contribution is 2.46. The third-order valence-electron chi connectivity index (χ3n) is 5.79. The molecule has 7 heteroatoms. The van der Waals surface area contributed by atoms with E-state index >= 15 is 0 Å². The van der Waals surface area contributed by atoms with Crippen LogP contribution < -0.4 is 20.1 Å². The van der Waals surface area contributed by atoms with Crippen LogP contribution in [0.15, 0.2) is 66.7 Å². The first kappa shape index (κ1) is 16.9. The summed E-state index contributed by atoms with van der Waals surface area (Å²) in [6.45, 7) is 0.397. The first-order valence-corrected chi connectivity index (χ1v) is 9.65. The Kier molecular flexibility index (Phi) is 3.38. The molecule has 7 nitrogen and oxygen atoms in total. The first-order valence-electron chi connectivity index (χ1n) is 9.65. The second kappa shape index (κ2) is 6.00. The van der Waals surface area contributed by atoms with E-state index < -0.39 is 5.66 Å². The molecule has 0 saturated carbocycles. The standard InChI is InChI=1S/C23H17N3O4/c27-21-15-5-1-3-7-17(15)25-23(16-6-2-4-8-18(16)24-22(23)28)26(21)12-14-9-10-19-20(11-14)30-13-29-19/h1-11,25H,12-13H2,(H,24,28)/t23-/m0/s1. The summed E-state index contributed by atoms with van der Waals surface area (Å²) in [5.74, 6) is 0.808. The summed E-state index contributed by atoms with van der Waals surface area (Å²) in [4.78, 5) is 28.6. The maximum Gasteiger partial charge on any atom is 0.276 e. The van der Waals surface area contributed by atoms with Crippen LogP contribution in [0.2, 0.25) is 0 Å². The molecular weight excluding hydrogens is 382 g/mol. The summed E-state index contributed by atoms with van der Waals surface area (Å²) in [7, 11) is 0. The highest BCUT2D eigenvalue weighted by Gasteiger charge is 2.56. The van der Waals surface area contributed by atoms with Crippen LogP contribution >= 0.6 is 0 Å². The fraction of sp³-hybridized carbons (Fsp3) is 0.130. The molecule has 0 saturated heterocycles. The van der Waals surface area contributed by atoms with Crippen LogP contribution in [0, 0.1) is 0 Å². The Hall–Kier alpha value is -4.00. The van der Waals surface area contributed by atoms with Gasteiger partial charge in [-0.2, -0.15) is 0 Å². The minimum atomic E-state index is -1.33. The van der Waals surface area contributed by atoms with E-state index in [9.17, 15) is 9.59 Å². The molecule has 3 aliphatic rings. The Balaban J connectivity index is 1.52. The maximum atomic E-state index is 13.6. The zero-order valence-corrected chi connectivity index (χ0v) is 15.8. The number of rotatable bonds is 2. The Morgan fingerprint density at radius 3 is 2.57 bits per heavy atom. The van der Waals surface area contributed by atoms with Crippen molar-refractivity contribution in [3.05, 3.63) is 83.4 Å². The summed E-state index contributed by atoms with van der Waals surface area (Å²) in [5, 5.41) is 6.30. The number of nitrogens with one attached hydrogen (secondary N) is 2. The van der Waals surface area contributed by atoms with Crippen LogP contribution in [0.5, 0.6) is 11.5 Å². The van der Waals surface area contributed by atoms with Crippen molar-refractivity contribution in [2.45, 2.75) is 12.2 Å². The van der Waals surface area contributed by atoms with Crippen LogP contribution in [0.3, 0.4) is 0 Å². The largest absolute Gasteiger partial charge is 0.454 e. The van der Waals surface area contributed by atoms with Gasteiger partial charge in [0.1, 0.15) is 0 Å². The van der Waals surface area contributed by atoms with Gasteiger partial charge >= 0.3 is 0 Å². The summed E-state index contributed by atoms with van der Waals surface area (Å²) in [5.41, 5.74) is 2.08. The predicted octanol–water partition coefficient (Wildman–Crippen LogP) is 3.29. The van der Waals surface area contributed by atoms with Crippen molar-refractivity contribution in [3.63, 3.8) is 0 Å². The van der Waals surface area contributed by atoms with Crippen molar-refractivity contribution < 1.29 is 19.1 Å². The minimum absolute atomic E-state index is 0.177. The molecule has 2 amide bonds. The number of nitrogens with zero attached hydrogens (tertiary/aromatic N) is 1. The molecule has 2 N–H and O–H groups in total. The van der Waals surface area contributed by atoms with Crippen molar-refractivity contribution >= 4 is 23.2 Å². The number of anilines is 2. The summed E-state index contributed by atoms with van der Waals surface area (Å²) >= 11 is 0. The second-order valence-electron chi connectivity index (χ2n) is 7.46. The van der Waals surface area contributed by atoms with Crippen molar-refractivity contribution in [2.75, 3.05) is 17.4 Å². The molecule has 0 unspecified atom stereocenters. The van der Waals surface area contributed by atoms with Gasteiger partial charge in [-0.15, -0.1) is 0 Å². The van der Waals surface area contributed by atoms with Crippen molar-refractivity contribution in [1.29, 1.82) is 0 Å². The van der Waals surface area contributed by atoms with Gasteiger partial charge in [-0.1, -0.05) is 36.4 Å². The molecular formula is C23H17N3O4. The predicted molar refractivity (Wildman–Crippen MR) is 109 cm³/mol. The number of amides is 2. The van der Waals surface area contributed by atoms with Gasteiger partial charge in [0.15, 0.2) is 11.5 Å². The van der Waals surface area contributed by atoms with Gasteiger partial charge in [-0.05, 0) is 35.9 Å². The lowest BCUT2D eigenvalue weighted by molar-refractivity contribution is -0.125. The molecule has 1 spiro atoms. The number of ether oxygens (including phenoxy) is 2. The number of fused-ring (bicyclic) bond motifs is 4. The monoisotopic (exact) mass is 399 g/mol. The molecule has 6 rings (SSSR count). The van der Waals surface area contributed by atoms with Gasteiger partial charge in [0.25, 0.3) is 11.8 Å². The quantitative estimate of drug-likeness (QED) is 0.691. The van der Waals surface area contributed by atoms with Crippen LogP contribution in [-0.4, -0.2) is 23.5 Å². The molecule has 148 valence electrons. The highest BCUT2D eigenvalue weighted by atomic mass is 16.7. The van der Waals surface area contributed by atoms with Crippen LogP contribution in [0.25, 0.3) is 0 Å². The lowest BCUT2D eigenvalue weighted by atomic mass is 9.92. The number of para-hydroxylation sites is 2. The highest BCUT2D eigenvalue weighted by molar-refractivity contribution is 6.14. The van der Waals surface area contributed by atoms with Crippen molar-refractivity contribution in [1.82, 2.24) is 4.90 Å². The van der Waals surface area contributed by atoms with Crippen molar-refractivity contribution in [2.24, 2.45) is 0 Å². The average molecular weight is 399 g/mol. The van der Waals surface area contributed by atoms with Gasteiger partial charge in [0.05, 0.1) is 5.56 Å². The number of carbonyl (C=O) groups is 2. The lowest BCUT2D eigenvalue weighted by Gasteiger charge is -2.44. The van der Waals surface area contributed by atoms with Crippen LogP contribution in [-0.2, 0) is 17.0 Å². The SMILES string of the molecule is O=C1c2ccccc2N[C@]2(C(=O)Nc3ccccc32)N1Cc1ccc2c(c1)OCO2. The number of hydrogen-bond acceptors (Lipinski definition) is 5. The van der Waals surface area contributed by atoms with E-state index in [0.717, 1.165) is 11.1 Å². The number of hydrogen-bond donors (Lipinski definition) is 2. The molecule has 3 aliphatic heterocycles. The normalized spacial score (nSPS) is 20.6. The molecule has 0 aromatic heterocycles. The summed E-state index contributed by atoms with van der Waals surface area (Å²) in [6.07, 6.45) is 0. The van der Waals surface area contributed by atoms with E-state index in [2.05, 4.69) is 10.6 Å². The first-order chi connectivity index (χ1) is 14.7. The van der Waals surface area contributed by atoms with Crippen LogP contribution in [0.1, 0.15) is 21.5 Å². The molecule has 30 heavy (non-hydrogen) atoms. The fourth-order valence-corrected chi connectivity index (χ4v) is 4.39. The van der Waals surface area contributed by atoms with E-state index in [1.165, 1.54) is 0 Å². The fourth-order valence-electron chi connectivity index (χ4n) is 4.39. The molecule has 3 aromatic rings. The molecule has 1 atom stereocenters. The average Bonchev–Trinajstić information content (AvgIpc) is 3.34. The molecule has 3 heterocycles. The molecule has 0 radical (unpaired) electrons. The topological polar surface area (TPSA) is 79.9 Å².